The number of ether oxygens (including phenoxy) is 1. The fourth-order valence-corrected chi connectivity index (χ4v) is 2.69. The minimum absolute atomic E-state index is 0.172. The van der Waals surface area contributed by atoms with Crippen molar-refractivity contribution in [3.05, 3.63) is 0 Å². The lowest BCUT2D eigenvalue weighted by Gasteiger charge is -2.32. The van der Waals surface area contributed by atoms with Crippen molar-refractivity contribution in [2.45, 2.75) is 43.5 Å². The number of aliphatic hydroxyl groups is 1. The van der Waals surface area contributed by atoms with E-state index in [9.17, 15) is 9.50 Å². The molecule has 0 unspecified atom stereocenters. The zero-order valence-electron chi connectivity index (χ0n) is 9.29. The van der Waals surface area contributed by atoms with Gasteiger partial charge in [0.15, 0.2) is 0 Å². The van der Waals surface area contributed by atoms with Crippen LogP contribution in [0, 0.1) is 0 Å². The molecule has 1 aliphatic heterocycles. The first-order valence-electron chi connectivity index (χ1n) is 5.75. The van der Waals surface area contributed by atoms with Gasteiger partial charge in [0.2, 0.25) is 0 Å². The summed E-state index contributed by atoms with van der Waals surface area (Å²) in [6, 6.07) is -0.172. The molecule has 1 aliphatic carbocycles. The first-order valence-corrected chi connectivity index (χ1v) is 5.75. The average Bonchev–Trinajstić information content (AvgIpc) is 2.74. The third kappa shape index (κ3) is 2.49. The summed E-state index contributed by atoms with van der Waals surface area (Å²) in [6.45, 7) is 1.22. The number of likely N-dealkylation sites (N-methyl/N-ethyl adjacent to an activating group) is 1. The molecule has 0 aromatic carbocycles. The van der Waals surface area contributed by atoms with E-state index in [2.05, 4.69) is 0 Å². The summed E-state index contributed by atoms with van der Waals surface area (Å²) in [5, 5.41) is 10.2. The average molecular weight is 217 g/mol. The Bertz CT molecular complexity index is 219. The number of hydrogen-bond acceptors (Lipinski definition) is 3. The van der Waals surface area contributed by atoms with E-state index in [1.165, 1.54) is 0 Å². The van der Waals surface area contributed by atoms with Gasteiger partial charge in [0.25, 0.3) is 0 Å². The Balaban J connectivity index is 1.88. The van der Waals surface area contributed by atoms with Crippen molar-refractivity contribution < 1.29 is 14.2 Å². The highest BCUT2D eigenvalue weighted by Gasteiger charge is 2.37. The molecular weight excluding hydrogens is 197 g/mol. The molecule has 2 aliphatic rings. The summed E-state index contributed by atoms with van der Waals surface area (Å²) in [7, 11) is 1.88. The Morgan fingerprint density at radius 1 is 1.40 bits per heavy atom. The third-order valence-corrected chi connectivity index (χ3v) is 3.63. The Labute approximate surface area is 90.2 Å². The van der Waals surface area contributed by atoms with Gasteiger partial charge >= 0.3 is 0 Å². The highest BCUT2D eigenvalue weighted by molar-refractivity contribution is 4.91. The van der Waals surface area contributed by atoms with Crippen molar-refractivity contribution in [3.63, 3.8) is 0 Å². The fourth-order valence-electron chi connectivity index (χ4n) is 2.69. The van der Waals surface area contributed by atoms with Crippen LogP contribution in [0.2, 0.25) is 0 Å². The van der Waals surface area contributed by atoms with Crippen LogP contribution in [0.1, 0.15) is 25.7 Å². The Morgan fingerprint density at radius 3 is 2.60 bits per heavy atom. The van der Waals surface area contributed by atoms with Crippen molar-refractivity contribution in [2.75, 3.05) is 26.8 Å². The van der Waals surface area contributed by atoms with Crippen LogP contribution in [-0.2, 0) is 4.74 Å². The molecule has 1 heterocycles. The standard InChI is InChI=1S/C11H20FNO2/c1-13(10-7-15-6-9(10)12)8-11(14)4-2-3-5-11/h9-10,14H,2-8H2,1H3/t9-,10-/m1/s1. The predicted octanol–water partition coefficient (Wildman–Crippen LogP) is 0.960. The van der Waals surface area contributed by atoms with Crippen LogP contribution in [0.3, 0.4) is 0 Å². The molecular formula is C11H20FNO2. The molecule has 2 rings (SSSR count). The van der Waals surface area contributed by atoms with Gasteiger partial charge in [0.05, 0.1) is 24.9 Å². The minimum atomic E-state index is -0.903. The van der Waals surface area contributed by atoms with E-state index >= 15 is 0 Å². The lowest BCUT2D eigenvalue weighted by Crippen LogP contribution is -2.47. The topological polar surface area (TPSA) is 32.7 Å². The van der Waals surface area contributed by atoms with E-state index in [0.29, 0.717) is 13.2 Å². The molecule has 1 saturated carbocycles. The van der Waals surface area contributed by atoms with Crippen LogP contribution >= 0.6 is 0 Å². The number of alkyl halides is 1. The molecule has 0 bridgehead atoms. The van der Waals surface area contributed by atoms with Crippen LogP contribution in [0.4, 0.5) is 4.39 Å². The SMILES string of the molecule is CN(CC1(O)CCCC1)[C@@H]1COC[C@H]1F. The van der Waals surface area contributed by atoms with Crippen molar-refractivity contribution in [3.8, 4) is 0 Å². The maximum atomic E-state index is 13.4. The van der Waals surface area contributed by atoms with Gasteiger partial charge in [-0.05, 0) is 19.9 Å². The van der Waals surface area contributed by atoms with Gasteiger partial charge in [0, 0.05) is 6.54 Å². The molecule has 3 nitrogen and oxygen atoms in total. The Morgan fingerprint density at radius 2 is 2.07 bits per heavy atom. The Hall–Kier alpha value is -0.190. The minimum Gasteiger partial charge on any atom is -0.389 e. The third-order valence-electron chi connectivity index (χ3n) is 3.63. The highest BCUT2D eigenvalue weighted by atomic mass is 19.1. The summed E-state index contributed by atoms with van der Waals surface area (Å²) < 4.78 is 18.5. The van der Waals surface area contributed by atoms with Crippen LogP contribution in [0.5, 0.6) is 0 Å². The summed E-state index contributed by atoms with van der Waals surface area (Å²) in [5.41, 5.74) is -0.586. The molecule has 0 aromatic rings. The van der Waals surface area contributed by atoms with Gasteiger partial charge < -0.3 is 9.84 Å². The molecule has 2 atom stereocenters. The van der Waals surface area contributed by atoms with Crippen molar-refractivity contribution in [1.29, 1.82) is 0 Å². The predicted molar refractivity (Wildman–Crippen MR) is 55.6 cm³/mol. The van der Waals surface area contributed by atoms with Crippen LogP contribution < -0.4 is 0 Å². The second-order valence-electron chi connectivity index (χ2n) is 4.97. The Kier molecular flexibility index (Phi) is 3.28. The van der Waals surface area contributed by atoms with Crippen molar-refractivity contribution >= 4 is 0 Å². The normalized spacial score (nSPS) is 35.2. The zero-order valence-corrected chi connectivity index (χ0v) is 9.29. The molecule has 1 saturated heterocycles. The van der Waals surface area contributed by atoms with E-state index in [1.54, 1.807) is 0 Å². The summed E-state index contributed by atoms with van der Waals surface area (Å²) in [6.07, 6.45) is 2.97. The van der Waals surface area contributed by atoms with E-state index in [1.807, 2.05) is 11.9 Å². The lowest BCUT2D eigenvalue weighted by molar-refractivity contribution is -0.00125. The van der Waals surface area contributed by atoms with Crippen LogP contribution in [0.15, 0.2) is 0 Å². The first kappa shape index (κ1) is 11.3. The first-order chi connectivity index (χ1) is 7.11. The number of halogens is 1. The molecule has 1 N–H and O–H groups in total. The van der Waals surface area contributed by atoms with Gasteiger partial charge in [-0.1, -0.05) is 12.8 Å². The van der Waals surface area contributed by atoms with E-state index in [0.717, 1.165) is 25.7 Å². The zero-order chi connectivity index (χ0) is 10.9. The molecule has 88 valence electrons. The highest BCUT2D eigenvalue weighted by Crippen LogP contribution is 2.31. The quantitative estimate of drug-likeness (QED) is 0.764. The van der Waals surface area contributed by atoms with E-state index in [4.69, 9.17) is 4.74 Å². The second-order valence-corrected chi connectivity index (χ2v) is 4.97. The van der Waals surface area contributed by atoms with Gasteiger partial charge in [-0.25, -0.2) is 4.39 Å². The molecule has 15 heavy (non-hydrogen) atoms. The van der Waals surface area contributed by atoms with E-state index < -0.39 is 11.8 Å². The van der Waals surface area contributed by atoms with Gasteiger partial charge in [-0.3, -0.25) is 4.90 Å². The molecule has 4 heteroatoms. The van der Waals surface area contributed by atoms with Gasteiger partial charge in [-0.2, -0.15) is 0 Å². The lowest BCUT2D eigenvalue weighted by atomic mass is 10.0. The number of rotatable bonds is 3. The fraction of sp³-hybridized carbons (Fsp3) is 1.00. The monoisotopic (exact) mass is 217 g/mol. The largest absolute Gasteiger partial charge is 0.389 e. The molecule has 0 aromatic heterocycles. The van der Waals surface area contributed by atoms with Gasteiger partial charge in [0.1, 0.15) is 6.17 Å². The molecule has 2 fully saturated rings. The molecule has 0 amide bonds. The van der Waals surface area contributed by atoms with Crippen LogP contribution in [-0.4, -0.2) is 54.6 Å². The molecule has 0 spiro atoms. The second kappa shape index (κ2) is 4.36. The molecule has 0 radical (unpaired) electrons. The van der Waals surface area contributed by atoms with Crippen LogP contribution in [0.25, 0.3) is 0 Å². The maximum Gasteiger partial charge on any atom is 0.141 e. The van der Waals surface area contributed by atoms with Crippen molar-refractivity contribution in [2.24, 2.45) is 0 Å². The number of hydrogen-bond donors (Lipinski definition) is 1. The summed E-state index contributed by atoms with van der Waals surface area (Å²) in [4.78, 5) is 1.92. The van der Waals surface area contributed by atoms with Crippen molar-refractivity contribution in [1.82, 2.24) is 4.90 Å². The summed E-state index contributed by atoms with van der Waals surface area (Å²) >= 11 is 0. The maximum absolute atomic E-state index is 13.4. The van der Waals surface area contributed by atoms with Gasteiger partial charge in [-0.15, -0.1) is 0 Å². The smallest absolute Gasteiger partial charge is 0.141 e. The van der Waals surface area contributed by atoms with E-state index in [-0.39, 0.29) is 12.6 Å². The number of nitrogens with zero attached hydrogens (tertiary/aromatic N) is 1. The summed E-state index contributed by atoms with van der Waals surface area (Å²) in [5.74, 6) is 0.